The van der Waals surface area contributed by atoms with Gasteiger partial charge in [0.2, 0.25) is 11.6 Å². The summed E-state index contributed by atoms with van der Waals surface area (Å²) in [6.07, 6.45) is 0.265. The summed E-state index contributed by atoms with van der Waals surface area (Å²) >= 11 is 0. The Labute approximate surface area is 232 Å². The van der Waals surface area contributed by atoms with Gasteiger partial charge in [-0.1, -0.05) is 36.4 Å². The number of aromatic nitrogens is 1. The quantitative estimate of drug-likeness (QED) is 0.109. The van der Waals surface area contributed by atoms with Crippen LogP contribution in [0.2, 0.25) is 0 Å². The molecule has 10 nitrogen and oxygen atoms in total. The zero-order valence-corrected chi connectivity index (χ0v) is 21.6. The number of ether oxygens (including phenoxy) is 2. The van der Waals surface area contributed by atoms with E-state index in [1.54, 1.807) is 25.1 Å². The molecule has 0 unspecified atom stereocenters. The third-order valence-electron chi connectivity index (χ3n) is 5.88. The molecule has 0 fully saturated rings. The molecular weight excluding hydrogens is 538 g/mol. The molecule has 41 heavy (non-hydrogen) atoms. The van der Waals surface area contributed by atoms with Gasteiger partial charge in [-0.15, -0.1) is 0 Å². The summed E-state index contributed by atoms with van der Waals surface area (Å²) < 4.78 is 42.2. The molecular formula is C29H24F2N4O6. The number of hydrazine groups is 1. The molecule has 0 aliphatic rings. The first kappa shape index (κ1) is 28.8. The first-order valence-corrected chi connectivity index (χ1v) is 12.1. The number of pyridine rings is 1. The summed E-state index contributed by atoms with van der Waals surface area (Å²) in [7, 11) is 0. The zero-order valence-electron chi connectivity index (χ0n) is 21.6. The smallest absolute Gasteiger partial charge is 0.339 e. The number of halogens is 2. The SMILES string of the molecule is Cc1ccc(C(=O)O)c(Oc2nc(Oc3cccc(-c4cccc(CN)c4)c3)c(F)c(C(=O)N(N)CC=O)c2F)c1. The monoisotopic (exact) mass is 562 g/mol. The Hall–Kier alpha value is -5.20. The molecule has 0 saturated carbocycles. The first-order chi connectivity index (χ1) is 19.6. The molecule has 5 N–H and O–H groups in total. The largest absolute Gasteiger partial charge is 0.478 e. The summed E-state index contributed by atoms with van der Waals surface area (Å²) in [6, 6.07) is 17.9. The molecule has 0 radical (unpaired) electrons. The highest BCUT2D eigenvalue weighted by Crippen LogP contribution is 2.36. The third kappa shape index (κ3) is 6.35. The van der Waals surface area contributed by atoms with Crippen LogP contribution in [0, 0.1) is 18.6 Å². The fraction of sp³-hybridized carbons (Fsp3) is 0.103. The Bertz CT molecular complexity index is 1650. The van der Waals surface area contributed by atoms with Crippen LogP contribution >= 0.6 is 0 Å². The number of hydrogen-bond acceptors (Lipinski definition) is 8. The van der Waals surface area contributed by atoms with E-state index in [0.29, 0.717) is 22.7 Å². The minimum atomic E-state index is -1.58. The average Bonchev–Trinajstić information content (AvgIpc) is 2.95. The second kappa shape index (κ2) is 12.3. The minimum absolute atomic E-state index is 0.0716. The van der Waals surface area contributed by atoms with E-state index >= 15 is 8.78 Å². The number of aromatic carboxylic acids is 1. The lowest BCUT2D eigenvalue weighted by Crippen LogP contribution is -2.39. The van der Waals surface area contributed by atoms with E-state index in [9.17, 15) is 19.5 Å². The second-order valence-electron chi connectivity index (χ2n) is 8.79. The van der Waals surface area contributed by atoms with Crippen molar-refractivity contribution in [3.8, 4) is 34.4 Å². The number of amides is 1. The topological polar surface area (TPSA) is 158 Å². The van der Waals surface area contributed by atoms with Crippen LogP contribution in [0.15, 0.2) is 66.7 Å². The minimum Gasteiger partial charge on any atom is -0.478 e. The van der Waals surface area contributed by atoms with Crippen LogP contribution in [-0.4, -0.2) is 39.8 Å². The highest BCUT2D eigenvalue weighted by molar-refractivity contribution is 5.96. The lowest BCUT2D eigenvalue weighted by Gasteiger charge is -2.18. The fourth-order valence-electron chi connectivity index (χ4n) is 3.85. The van der Waals surface area contributed by atoms with Gasteiger partial charge in [-0.25, -0.2) is 10.6 Å². The lowest BCUT2D eigenvalue weighted by atomic mass is 10.0. The van der Waals surface area contributed by atoms with Crippen LogP contribution in [0.4, 0.5) is 8.78 Å². The van der Waals surface area contributed by atoms with Crippen molar-refractivity contribution < 1.29 is 37.7 Å². The van der Waals surface area contributed by atoms with E-state index in [1.165, 1.54) is 24.3 Å². The molecule has 0 spiro atoms. The van der Waals surface area contributed by atoms with Gasteiger partial charge in [0.25, 0.3) is 17.7 Å². The number of nitrogens with zero attached hydrogens (tertiary/aromatic N) is 2. The van der Waals surface area contributed by atoms with Gasteiger partial charge < -0.3 is 25.1 Å². The molecule has 4 rings (SSSR count). The number of carbonyl (C=O) groups excluding carboxylic acids is 2. The number of aryl methyl sites for hydroxylation is 1. The Kier molecular flexibility index (Phi) is 8.66. The van der Waals surface area contributed by atoms with Gasteiger partial charge in [0.05, 0.1) is 6.54 Å². The Morgan fingerprint density at radius 2 is 1.63 bits per heavy atom. The van der Waals surface area contributed by atoms with Crippen LogP contribution in [-0.2, 0) is 11.3 Å². The number of carboxylic acids is 1. The maximum absolute atomic E-state index is 15.6. The van der Waals surface area contributed by atoms with E-state index in [2.05, 4.69) is 4.98 Å². The second-order valence-corrected chi connectivity index (χ2v) is 8.79. The number of benzene rings is 3. The first-order valence-electron chi connectivity index (χ1n) is 12.1. The fourth-order valence-corrected chi connectivity index (χ4v) is 3.85. The van der Waals surface area contributed by atoms with Crippen molar-refractivity contribution in [3.63, 3.8) is 0 Å². The zero-order chi connectivity index (χ0) is 29.7. The van der Waals surface area contributed by atoms with Gasteiger partial charge in [-0.05, 0) is 59.5 Å². The summed E-state index contributed by atoms with van der Waals surface area (Å²) in [5.41, 5.74) is 7.08. The van der Waals surface area contributed by atoms with Crippen LogP contribution in [0.25, 0.3) is 11.1 Å². The summed E-state index contributed by atoms with van der Waals surface area (Å²) in [6.45, 7) is 1.29. The molecule has 210 valence electrons. The number of nitrogens with two attached hydrogens (primary N) is 2. The number of hydrogen-bond donors (Lipinski definition) is 3. The molecule has 3 aromatic carbocycles. The van der Waals surface area contributed by atoms with Crippen molar-refractivity contribution in [2.45, 2.75) is 13.5 Å². The van der Waals surface area contributed by atoms with Gasteiger partial charge in [-0.2, -0.15) is 13.8 Å². The molecule has 1 amide bonds. The van der Waals surface area contributed by atoms with Crippen molar-refractivity contribution >= 4 is 18.2 Å². The van der Waals surface area contributed by atoms with Gasteiger partial charge in [0.15, 0.2) is 0 Å². The van der Waals surface area contributed by atoms with E-state index < -0.39 is 47.4 Å². The molecule has 12 heteroatoms. The standard InChI is InChI=1S/C29H24F2N4O6/c1-16-8-9-21(29(38)39)22(12-16)41-27-25(31)23(28(37)35(33)10-11-36)24(30)26(34-27)40-20-7-3-6-19(14-20)18-5-2-4-17(13-18)15-32/h2-9,11-14H,10,15,32-33H2,1H3,(H,38,39). The summed E-state index contributed by atoms with van der Waals surface area (Å²) in [5.74, 6) is -2.42. The number of carbonyl (C=O) groups is 3. The van der Waals surface area contributed by atoms with Crippen LogP contribution in [0.5, 0.6) is 23.3 Å². The summed E-state index contributed by atoms with van der Waals surface area (Å²) in [4.78, 5) is 39.2. The van der Waals surface area contributed by atoms with Crippen molar-refractivity contribution in [1.82, 2.24) is 9.99 Å². The van der Waals surface area contributed by atoms with E-state index in [4.69, 9.17) is 21.1 Å². The van der Waals surface area contributed by atoms with Crippen molar-refractivity contribution in [3.05, 3.63) is 101 Å². The lowest BCUT2D eigenvalue weighted by molar-refractivity contribution is -0.108. The normalized spacial score (nSPS) is 10.7. The highest BCUT2D eigenvalue weighted by atomic mass is 19.1. The molecule has 0 bridgehead atoms. The van der Waals surface area contributed by atoms with Crippen molar-refractivity contribution in [1.29, 1.82) is 0 Å². The molecule has 1 aromatic heterocycles. The van der Waals surface area contributed by atoms with Gasteiger partial charge in [-0.3, -0.25) is 9.80 Å². The Balaban J connectivity index is 1.82. The average molecular weight is 563 g/mol. The predicted molar refractivity (Wildman–Crippen MR) is 143 cm³/mol. The molecule has 0 aliphatic heterocycles. The third-order valence-corrected chi connectivity index (χ3v) is 5.88. The maximum Gasteiger partial charge on any atom is 0.339 e. The number of carboxylic acid groups (broad SMARTS) is 1. The highest BCUT2D eigenvalue weighted by Gasteiger charge is 2.31. The van der Waals surface area contributed by atoms with E-state index in [0.717, 1.165) is 11.1 Å². The van der Waals surface area contributed by atoms with Crippen molar-refractivity contribution in [2.24, 2.45) is 11.6 Å². The summed E-state index contributed by atoms with van der Waals surface area (Å²) in [5, 5.41) is 9.82. The molecule has 0 aliphatic carbocycles. The molecule has 1 heterocycles. The van der Waals surface area contributed by atoms with Crippen molar-refractivity contribution in [2.75, 3.05) is 6.54 Å². The molecule has 4 aromatic rings. The Morgan fingerprint density at radius 3 is 2.29 bits per heavy atom. The van der Waals surface area contributed by atoms with Gasteiger partial charge in [0.1, 0.15) is 28.9 Å². The van der Waals surface area contributed by atoms with E-state index in [1.807, 2.05) is 24.3 Å². The van der Waals surface area contributed by atoms with Crippen LogP contribution < -0.4 is 21.1 Å². The molecule has 0 saturated heterocycles. The number of aldehydes is 1. The van der Waals surface area contributed by atoms with Crippen LogP contribution in [0.3, 0.4) is 0 Å². The maximum atomic E-state index is 15.6. The van der Waals surface area contributed by atoms with Crippen LogP contribution in [0.1, 0.15) is 31.8 Å². The van der Waals surface area contributed by atoms with Gasteiger partial charge in [0, 0.05) is 6.54 Å². The number of rotatable bonds is 10. The predicted octanol–water partition coefficient (Wildman–Crippen LogP) is 4.59. The Morgan fingerprint density at radius 1 is 0.976 bits per heavy atom. The van der Waals surface area contributed by atoms with Gasteiger partial charge >= 0.3 is 5.97 Å². The van der Waals surface area contributed by atoms with E-state index in [-0.39, 0.29) is 23.3 Å². The molecule has 0 atom stereocenters.